The predicted octanol–water partition coefficient (Wildman–Crippen LogP) is 4.54. The van der Waals surface area contributed by atoms with Crippen LogP contribution in [-0.2, 0) is 9.59 Å². The standard InChI is InChI=1S/C28H40N6O2/c1-33(2)25-17-13-23(14-18-25)21-29-31-27(35)11-9-7-5-6-8-10-12-28(36)32-30-22-24-15-19-26(20-16-24)34(3)4/h13-22H,5-12H2,1-4H3,(H,31,35)(H,32,36). The fraction of sp³-hybridized carbons (Fsp3) is 0.429. The first kappa shape index (κ1) is 28.6. The number of nitrogens with zero attached hydrogens (tertiary/aromatic N) is 4. The van der Waals surface area contributed by atoms with Crippen LogP contribution in [0, 0.1) is 0 Å². The minimum Gasteiger partial charge on any atom is -0.378 e. The minimum atomic E-state index is -0.0676. The molecule has 194 valence electrons. The van der Waals surface area contributed by atoms with E-state index in [1.807, 2.05) is 86.5 Å². The maximum atomic E-state index is 11.9. The van der Waals surface area contributed by atoms with Gasteiger partial charge in [0.05, 0.1) is 12.4 Å². The summed E-state index contributed by atoms with van der Waals surface area (Å²) < 4.78 is 0. The Labute approximate surface area is 215 Å². The van der Waals surface area contributed by atoms with E-state index in [0.29, 0.717) is 12.8 Å². The monoisotopic (exact) mass is 492 g/mol. The van der Waals surface area contributed by atoms with E-state index in [2.05, 4.69) is 21.1 Å². The zero-order valence-electron chi connectivity index (χ0n) is 22.0. The van der Waals surface area contributed by atoms with Crippen LogP contribution in [0.4, 0.5) is 11.4 Å². The lowest BCUT2D eigenvalue weighted by Crippen LogP contribution is -2.17. The van der Waals surface area contributed by atoms with Gasteiger partial charge in [-0.3, -0.25) is 9.59 Å². The molecule has 0 aliphatic carbocycles. The smallest absolute Gasteiger partial charge is 0.240 e. The first-order chi connectivity index (χ1) is 17.3. The molecule has 0 aromatic heterocycles. The normalized spacial score (nSPS) is 11.1. The van der Waals surface area contributed by atoms with Gasteiger partial charge in [-0.05, 0) is 48.2 Å². The highest BCUT2D eigenvalue weighted by Gasteiger charge is 2.02. The first-order valence-electron chi connectivity index (χ1n) is 12.5. The van der Waals surface area contributed by atoms with Crippen LogP contribution in [-0.4, -0.2) is 52.4 Å². The third-order valence-electron chi connectivity index (χ3n) is 5.68. The van der Waals surface area contributed by atoms with Crippen molar-refractivity contribution in [3.05, 3.63) is 59.7 Å². The summed E-state index contributed by atoms with van der Waals surface area (Å²) in [6, 6.07) is 15.9. The molecule has 0 saturated heterocycles. The first-order valence-corrected chi connectivity index (χ1v) is 12.5. The van der Waals surface area contributed by atoms with Crippen LogP contribution in [0.1, 0.15) is 62.5 Å². The van der Waals surface area contributed by atoms with Crippen molar-refractivity contribution in [1.29, 1.82) is 0 Å². The molecule has 0 unspecified atom stereocenters. The summed E-state index contributed by atoms with van der Waals surface area (Å²) in [4.78, 5) is 27.9. The fourth-order valence-electron chi connectivity index (χ4n) is 3.46. The molecule has 0 aliphatic heterocycles. The molecule has 8 nitrogen and oxygen atoms in total. The molecule has 2 aromatic carbocycles. The number of anilines is 2. The Kier molecular flexibility index (Phi) is 12.8. The van der Waals surface area contributed by atoms with E-state index >= 15 is 0 Å². The number of hydrazone groups is 2. The molecule has 0 atom stereocenters. The van der Waals surface area contributed by atoms with Crippen molar-refractivity contribution in [2.75, 3.05) is 38.0 Å². The third-order valence-corrected chi connectivity index (χ3v) is 5.68. The number of unbranched alkanes of at least 4 members (excludes halogenated alkanes) is 5. The molecule has 36 heavy (non-hydrogen) atoms. The number of carbonyl (C=O) groups excluding carboxylic acids is 2. The third kappa shape index (κ3) is 11.6. The molecule has 0 radical (unpaired) electrons. The summed E-state index contributed by atoms with van der Waals surface area (Å²) in [6.45, 7) is 0. The number of benzene rings is 2. The van der Waals surface area contributed by atoms with Gasteiger partial charge >= 0.3 is 0 Å². The van der Waals surface area contributed by atoms with Crippen molar-refractivity contribution in [3.8, 4) is 0 Å². The molecule has 2 amide bonds. The van der Waals surface area contributed by atoms with Crippen molar-refractivity contribution in [1.82, 2.24) is 10.9 Å². The zero-order chi connectivity index (χ0) is 26.2. The quantitative estimate of drug-likeness (QED) is 0.217. The Morgan fingerprint density at radius 1 is 0.611 bits per heavy atom. The predicted molar refractivity (Wildman–Crippen MR) is 150 cm³/mol. The van der Waals surface area contributed by atoms with Crippen LogP contribution in [0.15, 0.2) is 58.7 Å². The highest BCUT2D eigenvalue weighted by Crippen LogP contribution is 2.12. The summed E-state index contributed by atoms with van der Waals surface area (Å²) in [7, 11) is 7.97. The van der Waals surface area contributed by atoms with Gasteiger partial charge in [0, 0.05) is 52.4 Å². The number of amides is 2. The van der Waals surface area contributed by atoms with Gasteiger partial charge in [-0.2, -0.15) is 10.2 Å². The number of nitrogens with one attached hydrogen (secondary N) is 2. The van der Waals surface area contributed by atoms with Crippen LogP contribution >= 0.6 is 0 Å². The Morgan fingerprint density at radius 3 is 1.28 bits per heavy atom. The largest absolute Gasteiger partial charge is 0.378 e. The topological polar surface area (TPSA) is 89.4 Å². The SMILES string of the molecule is CN(C)c1ccc(C=NNC(=O)CCCCCCCCC(=O)NN=Cc2ccc(N(C)C)cc2)cc1. The minimum absolute atomic E-state index is 0.0676. The average Bonchev–Trinajstić information content (AvgIpc) is 2.86. The highest BCUT2D eigenvalue weighted by atomic mass is 16.2. The van der Waals surface area contributed by atoms with Gasteiger partial charge in [0.15, 0.2) is 0 Å². The number of hydrogen-bond donors (Lipinski definition) is 2. The van der Waals surface area contributed by atoms with Crippen molar-refractivity contribution in [2.24, 2.45) is 10.2 Å². The van der Waals surface area contributed by atoms with E-state index in [-0.39, 0.29) is 11.8 Å². The number of hydrogen-bond acceptors (Lipinski definition) is 6. The lowest BCUT2D eigenvalue weighted by molar-refractivity contribution is -0.122. The fourth-order valence-corrected chi connectivity index (χ4v) is 3.46. The van der Waals surface area contributed by atoms with Crippen molar-refractivity contribution in [3.63, 3.8) is 0 Å². The van der Waals surface area contributed by atoms with E-state index in [1.54, 1.807) is 12.4 Å². The zero-order valence-corrected chi connectivity index (χ0v) is 22.0. The summed E-state index contributed by atoms with van der Waals surface area (Å²) in [5.74, 6) is -0.135. The van der Waals surface area contributed by atoms with E-state index < -0.39 is 0 Å². The molecule has 0 heterocycles. The van der Waals surface area contributed by atoms with Gasteiger partial charge in [-0.25, -0.2) is 10.9 Å². The number of rotatable bonds is 15. The van der Waals surface area contributed by atoms with Crippen LogP contribution in [0.3, 0.4) is 0 Å². The maximum absolute atomic E-state index is 11.9. The maximum Gasteiger partial charge on any atom is 0.240 e. The van der Waals surface area contributed by atoms with E-state index in [9.17, 15) is 9.59 Å². The highest BCUT2D eigenvalue weighted by molar-refractivity contribution is 5.83. The van der Waals surface area contributed by atoms with Crippen LogP contribution in [0.25, 0.3) is 0 Å². The van der Waals surface area contributed by atoms with Crippen molar-refractivity contribution in [2.45, 2.75) is 51.4 Å². The van der Waals surface area contributed by atoms with Gasteiger partial charge in [-0.1, -0.05) is 49.9 Å². The van der Waals surface area contributed by atoms with E-state index in [4.69, 9.17) is 0 Å². The molecular weight excluding hydrogens is 452 g/mol. The Bertz CT molecular complexity index is 901. The average molecular weight is 493 g/mol. The molecule has 8 heteroatoms. The lowest BCUT2D eigenvalue weighted by atomic mass is 10.1. The van der Waals surface area contributed by atoms with E-state index in [1.165, 1.54) is 0 Å². The van der Waals surface area contributed by atoms with Gasteiger partial charge in [0.2, 0.25) is 11.8 Å². The second-order valence-corrected chi connectivity index (χ2v) is 9.18. The van der Waals surface area contributed by atoms with Crippen LogP contribution < -0.4 is 20.7 Å². The molecule has 2 rings (SSSR count). The molecule has 0 fully saturated rings. The van der Waals surface area contributed by atoms with Gasteiger partial charge in [0.25, 0.3) is 0 Å². The van der Waals surface area contributed by atoms with Crippen LogP contribution in [0.5, 0.6) is 0 Å². The van der Waals surface area contributed by atoms with Gasteiger partial charge in [-0.15, -0.1) is 0 Å². The van der Waals surface area contributed by atoms with Gasteiger partial charge < -0.3 is 9.80 Å². The molecular formula is C28H40N6O2. The van der Waals surface area contributed by atoms with Crippen molar-refractivity contribution < 1.29 is 9.59 Å². The van der Waals surface area contributed by atoms with E-state index in [0.717, 1.165) is 61.0 Å². The second-order valence-electron chi connectivity index (χ2n) is 9.18. The molecule has 0 spiro atoms. The number of carbonyl (C=O) groups is 2. The molecule has 2 aromatic rings. The van der Waals surface area contributed by atoms with Gasteiger partial charge in [0.1, 0.15) is 0 Å². The Balaban J connectivity index is 1.46. The summed E-state index contributed by atoms with van der Waals surface area (Å²) in [5.41, 5.74) is 9.29. The molecule has 0 aliphatic rings. The second kappa shape index (κ2) is 16.1. The Morgan fingerprint density at radius 2 is 0.944 bits per heavy atom. The summed E-state index contributed by atoms with van der Waals surface area (Å²) >= 11 is 0. The summed E-state index contributed by atoms with van der Waals surface area (Å²) in [6.07, 6.45) is 10.0. The molecule has 2 N–H and O–H groups in total. The lowest BCUT2D eigenvalue weighted by Gasteiger charge is -2.11. The van der Waals surface area contributed by atoms with Crippen molar-refractivity contribution >= 4 is 35.6 Å². The Hall–Kier alpha value is -3.68. The summed E-state index contributed by atoms with van der Waals surface area (Å²) in [5, 5.41) is 8.06. The van der Waals surface area contributed by atoms with Crippen LogP contribution in [0.2, 0.25) is 0 Å². The molecule has 0 saturated carbocycles. The molecule has 0 bridgehead atoms.